The maximum atomic E-state index is 13.8. The Bertz CT molecular complexity index is 1230. The zero-order valence-corrected chi connectivity index (χ0v) is 22.7. The molecule has 1 aliphatic heterocycles. The topological polar surface area (TPSA) is 107 Å². The van der Waals surface area contributed by atoms with Gasteiger partial charge in [0.15, 0.2) is 6.17 Å². The number of carbonyl (C=O) groups excluding carboxylic acids is 3. The molecular formula is C28H31Cl2N3O5. The molecule has 2 N–H and O–H groups in total. The minimum atomic E-state index is -1.25. The summed E-state index contributed by atoms with van der Waals surface area (Å²) in [5.74, 6) is -2.43. The molecule has 1 heterocycles. The van der Waals surface area contributed by atoms with E-state index < -0.39 is 30.0 Å². The number of rotatable bonds is 7. The molecule has 0 radical (unpaired) electrons. The molecule has 1 aliphatic carbocycles. The maximum absolute atomic E-state index is 13.8. The van der Waals surface area contributed by atoms with Crippen LogP contribution in [0.15, 0.2) is 42.5 Å². The Morgan fingerprint density at radius 2 is 1.55 bits per heavy atom. The van der Waals surface area contributed by atoms with E-state index in [1.807, 2.05) is 13.0 Å². The summed E-state index contributed by atoms with van der Waals surface area (Å²) in [5.41, 5.74) is 1.52. The number of hydrogen-bond acceptors (Lipinski definition) is 4. The fourth-order valence-electron chi connectivity index (χ4n) is 5.39. The summed E-state index contributed by atoms with van der Waals surface area (Å²) in [7, 11) is 0. The van der Waals surface area contributed by atoms with Gasteiger partial charge in [-0.3, -0.25) is 19.2 Å². The van der Waals surface area contributed by atoms with Gasteiger partial charge >= 0.3 is 5.97 Å². The first-order chi connectivity index (χ1) is 18.2. The Balaban J connectivity index is 1.66. The molecule has 202 valence electrons. The lowest BCUT2D eigenvalue weighted by Crippen LogP contribution is -2.57. The summed E-state index contributed by atoms with van der Waals surface area (Å²) in [5, 5.41) is 12.9. The molecule has 2 aliphatic rings. The van der Waals surface area contributed by atoms with Crippen LogP contribution < -0.4 is 5.32 Å². The van der Waals surface area contributed by atoms with Gasteiger partial charge in [0.25, 0.3) is 17.7 Å². The first-order valence-corrected chi connectivity index (χ1v) is 13.6. The van der Waals surface area contributed by atoms with E-state index in [2.05, 4.69) is 5.32 Å². The zero-order valence-electron chi connectivity index (χ0n) is 21.2. The summed E-state index contributed by atoms with van der Waals surface area (Å²) in [6, 6.07) is 10.9. The first kappa shape index (κ1) is 27.9. The molecule has 4 rings (SSSR count). The van der Waals surface area contributed by atoms with Crippen LogP contribution in [0.4, 0.5) is 0 Å². The van der Waals surface area contributed by atoms with Gasteiger partial charge in [-0.25, -0.2) is 0 Å². The SMILES string of the molecule is Cc1cccc(C(=O)N2CCN(C(=O)c3ccc(Cl)c(Cl)c3)C2C(=O)NC(CC(=O)O)C2CCCCC2)c1. The van der Waals surface area contributed by atoms with Gasteiger partial charge in [-0.15, -0.1) is 0 Å². The molecular weight excluding hydrogens is 529 g/mol. The second-order valence-corrected chi connectivity index (χ2v) is 10.8. The Labute approximate surface area is 231 Å². The molecule has 8 nitrogen and oxygen atoms in total. The van der Waals surface area contributed by atoms with Gasteiger partial charge in [0.2, 0.25) is 0 Å². The van der Waals surface area contributed by atoms with Gasteiger partial charge < -0.3 is 20.2 Å². The highest BCUT2D eigenvalue weighted by Crippen LogP contribution is 2.29. The predicted molar refractivity (Wildman–Crippen MR) is 144 cm³/mol. The molecule has 10 heteroatoms. The third-order valence-electron chi connectivity index (χ3n) is 7.30. The van der Waals surface area contributed by atoms with Crippen molar-refractivity contribution < 1.29 is 24.3 Å². The van der Waals surface area contributed by atoms with Crippen molar-refractivity contribution in [3.63, 3.8) is 0 Å². The number of nitrogens with zero attached hydrogens (tertiary/aromatic N) is 2. The molecule has 0 bridgehead atoms. The van der Waals surface area contributed by atoms with Crippen LogP contribution in [-0.4, -0.2) is 63.9 Å². The van der Waals surface area contributed by atoms with Gasteiger partial charge in [-0.1, -0.05) is 60.2 Å². The average molecular weight is 560 g/mol. The third kappa shape index (κ3) is 6.30. The number of carboxylic acid groups (broad SMARTS) is 1. The summed E-state index contributed by atoms with van der Waals surface area (Å²) < 4.78 is 0. The molecule has 1 saturated carbocycles. The van der Waals surface area contributed by atoms with E-state index in [0.29, 0.717) is 10.6 Å². The number of nitrogens with one attached hydrogen (secondary N) is 1. The molecule has 0 aromatic heterocycles. The lowest BCUT2D eigenvalue weighted by atomic mass is 9.82. The van der Waals surface area contributed by atoms with Crippen molar-refractivity contribution in [2.24, 2.45) is 5.92 Å². The van der Waals surface area contributed by atoms with Gasteiger partial charge in [-0.05, 0) is 56.0 Å². The quantitative estimate of drug-likeness (QED) is 0.508. The second-order valence-electron chi connectivity index (χ2n) is 9.98. The monoisotopic (exact) mass is 559 g/mol. The van der Waals surface area contributed by atoms with E-state index in [-0.39, 0.29) is 41.9 Å². The van der Waals surface area contributed by atoms with Gasteiger partial charge in [-0.2, -0.15) is 0 Å². The number of halogens is 2. The predicted octanol–water partition coefficient (Wildman–Crippen LogP) is 4.77. The van der Waals surface area contributed by atoms with Crippen LogP contribution in [0.1, 0.15) is 64.8 Å². The zero-order chi connectivity index (χ0) is 27.4. The highest BCUT2D eigenvalue weighted by molar-refractivity contribution is 6.42. The smallest absolute Gasteiger partial charge is 0.305 e. The Hall–Kier alpha value is -3.10. The molecule has 2 fully saturated rings. The first-order valence-electron chi connectivity index (χ1n) is 12.8. The molecule has 1 saturated heterocycles. The number of aryl methyl sites for hydroxylation is 1. The molecule has 0 spiro atoms. The van der Waals surface area contributed by atoms with Gasteiger partial charge in [0.1, 0.15) is 0 Å². The fourth-order valence-corrected chi connectivity index (χ4v) is 5.69. The van der Waals surface area contributed by atoms with E-state index in [1.165, 1.54) is 28.0 Å². The summed E-state index contributed by atoms with van der Waals surface area (Å²) in [6.07, 6.45) is 3.19. The highest BCUT2D eigenvalue weighted by atomic mass is 35.5. The summed E-state index contributed by atoms with van der Waals surface area (Å²) in [6.45, 7) is 2.14. The number of carboxylic acids is 1. The Morgan fingerprint density at radius 3 is 2.13 bits per heavy atom. The largest absolute Gasteiger partial charge is 0.481 e. The van der Waals surface area contributed by atoms with Gasteiger partial charge in [0.05, 0.1) is 16.5 Å². The van der Waals surface area contributed by atoms with E-state index in [4.69, 9.17) is 23.2 Å². The molecule has 2 unspecified atom stereocenters. The number of aliphatic carboxylic acids is 1. The number of amides is 3. The van der Waals surface area contributed by atoms with Crippen molar-refractivity contribution in [1.82, 2.24) is 15.1 Å². The van der Waals surface area contributed by atoms with Gasteiger partial charge in [0, 0.05) is 30.3 Å². The normalized spacial score (nSPS) is 18.8. The lowest BCUT2D eigenvalue weighted by molar-refractivity contribution is -0.138. The summed E-state index contributed by atoms with van der Waals surface area (Å²) >= 11 is 12.2. The number of benzene rings is 2. The van der Waals surface area contributed by atoms with Crippen LogP contribution in [0.3, 0.4) is 0 Å². The van der Waals surface area contributed by atoms with E-state index >= 15 is 0 Å². The van der Waals surface area contributed by atoms with Crippen LogP contribution in [0.5, 0.6) is 0 Å². The van der Waals surface area contributed by atoms with Crippen LogP contribution in [-0.2, 0) is 9.59 Å². The highest BCUT2D eigenvalue weighted by Gasteiger charge is 2.44. The summed E-state index contributed by atoms with van der Waals surface area (Å²) in [4.78, 5) is 55.3. The van der Waals surface area contributed by atoms with Crippen molar-refractivity contribution in [2.75, 3.05) is 13.1 Å². The van der Waals surface area contributed by atoms with E-state index in [1.54, 1.807) is 18.2 Å². The standard InChI is InChI=1S/C28H31Cl2N3O5/c1-17-6-5-9-19(14-17)27(37)32-12-13-33(28(38)20-10-11-21(29)22(30)15-20)26(32)25(36)31-23(16-24(34)35)18-7-3-2-4-8-18/h5-6,9-11,14-15,18,23,26H,2-4,7-8,12-13,16H2,1H3,(H,31,36)(H,34,35). The molecule has 2 aromatic carbocycles. The van der Waals surface area contributed by atoms with Crippen LogP contribution in [0.2, 0.25) is 10.0 Å². The van der Waals surface area contributed by atoms with Crippen molar-refractivity contribution in [3.05, 3.63) is 69.2 Å². The third-order valence-corrected chi connectivity index (χ3v) is 8.04. The van der Waals surface area contributed by atoms with Crippen molar-refractivity contribution in [2.45, 2.75) is 57.7 Å². The molecule has 38 heavy (non-hydrogen) atoms. The number of hydrogen-bond donors (Lipinski definition) is 2. The fraction of sp³-hybridized carbons (Fsp3) is 0.429. The van der Waals surface area contributed by atoms with Crippen LogP contribution >= 0.6 is 23.2 Å². The van der Waals surface area contributed by atoms with E-state index in [9.17, 15) is 24.3 Å². The average Bonchev–Trinajstić information content (AvgIpc) is 3.34. The van der Waals surface area contributed by atoms with Crippen molar-refractivity contribution >= 4 is 46.9 Å². The van der Waals surface area contributed by atoms with E-state index in [0.717, 1.165) is 37.7 Å². The number of carbonyl (C=O) groups is 4. The minimum absolute atomic E-state index is 0.0188. The molecule has 2 atom stereocenters. The van der Waals surface area contributed by atoms with Crippen LogP contribution in [0.25, 0.3) is 0 Å². The molecule has 2 aromatic rings. The van der Waals surface area contributed by atoms with Crippen LogP contribution in [0, 0.1) is 12.8 Å². The van der Waals surface area contributed by atoms with Crippen molar-refractivity contribution in [3.8, 4) is 0 Å². The lowest BCUT2D eigenvalue weighted by Gasteiger charge is -2.34. The molecule has 3 amide bonds. The second kappa shape index (κ2) is 12.2. The Kier molecular flexibility index (Phi) is 8.95. The maximum Gasteiger partial charge on any atom is 0.305 e. The minimum Gasteiger partial charge on any atom is -0.481 e. The van der Waals surface area contributed by atoms with Crippen molar-refractivity contribution in [1.29, 1.82) is 0 Å². The Morgan fingerprint density at radius 1 is 0.921 bits per heavy atom.